The Labute approximate surface area is 875 Å². The summed E-state index contributed by atoms with van der Waals surface area (Å²) in [6.07, 6.45) is -2.74. The van der Waals surface area contributed by atoms with Crippen molar-refractivity contribution < 1.29 is 148 Å². The van der Waals surface area contributed by atoms with Crippen LogP contribution in [0.25, 0.3) is 88.1 Å². The number of para-hydroxylation sites is 4. The second-order valence-corrected chi connectivity index (χ2v) is 38.3. The fourth-order valence-electron chi connectivity index (χ4n) is 16.8. The van der Waals surface area contributed by atoms with Gasteiger partial charge in [-0.2, -0.15) is 0 Å². The van der Waals surface area contributed by atoms with Crippen LogP contribution in [0.3, 0.4) is 0 Å². The van der Waals surface area contributed by atoms with Gasteiger partial charge in [-0.15, -0.1) is 6.42 Å². The van der Waals surface area contributed by atoms with Crippen molar-refractivity contribution in [2.45, 2.75) is 155 Å². The van der Waals surface area contributed by atoms with Crippen LogP contribution in [0.5, 0.6) is 40.6 Å². The van der Waals surface area contributed by atoms with E-state index < -0.39 is 125 Å². The molecule has 35 nitrogen and oxygen atoms in total. The Morgan fingerprint density at radius 3 is 1.03 bits per heavy atom. The number of ether oxygens (including phenoxy) is 9. The van der Waals surface area contributed by atoms with Crippen molar-refractivity contribution in [3.63, 3.8) is 0 Å². The number of aliphatic hydroxyl groups is 2. The zero-order valence-corrected chi connectivity index (χ0v) is 88.5. The summed E-state index contributed by atoms with van der Waals surface area (Å²) in [5.41, 5.74) is 6.45. The molecule has 3 aliphatic heterocycles. The first kappa shape index (κ1) is 113. The average Bonchev–Trinajstić information content (AvgIpc) is 1.71. The summed E-state index contributed by atoms with van der Waals surface area (Å²) < 4.78 is 60.1. The molecule has 4 aromatic heterocycles. The summed E-state index contributed by atoms with van der Waals surface area (Å²) >= 11 is 0. The Kier molecular flexibility index (Phi) is 40.0. The van der Waals surface area contributed by atoms with Crippen molar-refractivity contribution in [3.8, 4) is 85.1 Å². The van der Waals surface area contributed by atoms with Gasteiger partial charge >= 0.3 is 36.2 Å². The SMILES string of the molecule is COC(=O)[C@@H]1C[C@@H](Oc2nc3ccccc3cc2-c2cccc(O)c2)CN1C(=O)[C@@H](NC(=O)OCCCO)C(C)(C)C.COC(=O)[C@@H]1C[C@@H](Oc2nc3ccccc3cc2-c2cccc(OP)c2)CN1C(=O)[C@@H](NC(=O)OCCCO)C(C)(C)C.O=c1[nH]c2ccccc2cc1-c1cccc(OP)c1.[CH2-]CCOC(=O)N[C@H](C(=O)N1C[C@H](Oc2nc3ccccc3cc2-c2cccc(O)c2)C[C@H]1C(=O)OC)C(C)(C)C.[Y]. The van der Waals surface area contributed by atoms with E-state index in [2.05, 4.69) is 46.8 Å². The van der Waals surface area contributed by atoms with Crippen molar-refractivity contribution >= 4 is 116 Å². The predicted molar refractivity (Wildman–Crippen MR) is 552 cm³/mol. The summed E-state index contributed by atoms with van der Waals surface area (Å²) in [4.78, 5) is 151. The van der Waals surface area contributed by atoms with Gasteiger partial charge in [-0.1, -0.05) is 184 Å². The number of rotatable bonds is 29. The number of aromatic nitrogens is 4. The predicted octanol–water partition coefficient (Wildman–Crippen LogP) is 15.6. The van der Waals surface area contributed by atoms with Crippen molar-refractivity contribution in [1.29, 1.82) is 0 Å². The molecule has 8 N–H and O–H groups in total. The van der Waals surface area contributed by atoms with Gasteiger partial charge in [-0.25, -0.2) is 43.7 Å². The van der Waals surface area contributed by atoms with E-state index in [4.69, 9.17) is 76.8 Å². The van der Waals surface area contributed by atoms with Crippen LogP contribution in [0.2, 0.25) is 0 Å². The Balaban J connectivity index is 0.000000190. The average molecular weight is 2110 g/mol. The van der Waals surface area contributed by atoms with Gasteiger partial charge in [-0.05, 0) is 141 Å². The number of aromatic amines is 1. The molecule has 15 rings (SSSR count). The molecule has 146 heavy (non-hydrogen) atoms. The molecule has 0 saturated carbocycles. The van der Waals surface area contributed by atoms with Crippen LogP contribution in [-0.2, 0) is 89.9 Å². The monoisotopic (exact) mass is 2110 g/mol. The maximum Gasteiger partial charge on any atom is 0.407 e. The molecule has 3 fully saturated rings. The van der Waals surface area contributed by atoms with E-state index >= 15 is 0 Å². The van der Waals surface area contributed by atoms with Crippen molar-refractivity contribution in [1.82, 2.24) is 50.6 Å². The van der Waals surface area contributed by atoms with Crippen LogP contribution in [0, 0.1) is 23.2 Å². The van der Waals surface area contributed by atoms with Gasteiger partial charge in [0.25, 0.3) is 5.56 Å². The maximum absolute atomic E-state index is 13.9. The minimum Gasteiger partial charge on any atom is -0.508 e. The number of aliphatic hydroxyl groups excluding tert-OH is 2. The molecule has 0 aliphatic carbocycles. The second kappa shape index (κ2) is 51.9. The summed E-state index contributed by atoms with van der Waals surface area (Å²) in [7, 11) is 8.21. The number of nitrogens with one attached hydrogen (secondary N) is 4. The molecule has 2 unspecified atom stereocenters. The number of nitrogens with zero attached hydrogens (tertiary/aromatic N) is 6. The van der Waals surface area contributed by atoms with E-state index in [9.17, 15) is 58.2 Å². The summed E-state index contributed by atoms with van der Waals surface area (Å²) in [6.45, 7) is 19.9. The number of alkyl carbamates (subject to hydrolysis) is 3. The zero-order valence-electron chi connectivity index (χ0n) is 83.4. The number of pyridine rings is 4. The van der Waals surface area contributed by atoms with Crippen LogP contribution in [0.15, 0.2) is 223 Å². The van der Waals surface area contributed by atoms with Crippen molar-refractivity contribution in [2.75, 3.05) is 74.0 Å². The number of fused-ring (bicyclic) bond motifs is 4. The van der Waals surface area contributed by atoms with E-state index in [0.717, 1.165) is 49.3 Å². The number of aromatic hydroxyl groups is 2. The van der Waals surface area contributed by atoms with Crippen LogP contribution in [0.4, 0.5) is 14.4 Å². The summed E-state index contributed by atoms with van der Waals surface area (Å²) in [5.74, 6) is -0.711. The Hall–Kier alpha value is -13.7. The van der Waals surface area contributed by atoms with Crippen LogP contribution in [-0.4, -0.2) is 238 Å². The largest absolute Gasteiger partial charge is 0.508 e. The maximum atomic E-state index is 13.9. The number of methoxy groups -OCH3 is 3. The number of hydrogen-bond donors (Lipinski definition) is 8. The van der Waals surface area contributed by atoms with Crippen LogP contribution < -0.4 is 44.8 Å². The van der Waals surface area contributed by atoms with Gasteiger partial charge in [0.2, 0.25) is 35.4 Å². The Morgan fingerprint density at radius 2 is 0.712 bits per heavy atom. The Bertz CT molecular complexity index is 6680. The van der Waals surface area contributed by atoms with Gasteiger partial charge in [0.15, 0.2) is 0 Å². The summed E-state index contributed by atoms with van der Waals surface area (Å²) in [6, 6.07) is 60.9. The molecule has 6 amide bonds. The number of carbonyl (C=O) groups excluding carboxylic acids is 9. The van der Waals surface area contributed by atoms with E-state index in [-0.39, 0.29) is 135 Å². The molecule has 8 aromatic carbocycles. The van der Waals surface area contributed by atoms with Crippen molar-refractivity contribution in [3.05, 3.63) is 236 Å². The third-order valence-electron chi connectivity index (χ3n) is 24.2. The van der Waals surface area contributed by atoms with Gasteiger partial charge in [0.05, 0.1) is 96.3 Å². The first-order valence-electron chi connectivity index (χ1n) is 47.2. The second-order valence-electron chi connectivity index (χ2n) is 37.9. The summed E-state index contributed by atoms with van der Waals surface area (Å²) in [5, 5.41) is 49.8. The smallest absolute Gasteiger partial charge is 0.407 e. The third kappa shape index (κ3) is 29.4. The third-order valence-corrected chi connectivity index (χ3v) is 24.7. The minimum absolute atomic E-state index is 0. The van der Waals surface area contributed by atoms with Crippen LogP contribution >= 0.6 is 18.9 Å². The van der Waals surface area contributed by atoms with E-state index in [0.29, 0.717) is 74.4 Å². The number of esters is 3. The number of carbonyl (C=O) groups is 9. The van der Waals surface area contributed by atoms with Gasteiger partial charge < -0.3 is 115 Å². The number of amides is 6. The normalized spacial score (nSPS) is 16.5. The van der Waals surface area contributed by atoms with Crippen molar-refractivity contribution in [2.24, 2.45) is 16.2 Å². The van der Waals surface area contributed by atoms with E-state index in [1.54, 1.807) is 77.9 Å². The molecule has 3 aliphatic rings. The van der Waals surface area contributed by atoms with Gasteiger partial charge in [0.1, 0.15) is 77.6 Å². The van der Waals surface area contributed by atoms with Gasteiger partial charge in [0, 0.05) is 122 Å². The molecule has 1 radical (unpaired) electrons. The zero-order chi connectivity index (χ0) is 105. The molecule has 769 valence electrons. The number of phenolic OH excluding ortho intramolecular Hbond substituents is 2. The van der Waals surface area contributed by atoms with Gasteiger partial charge in [-0.3, -0.25) is 19.2 Å². The molecule has 7 heterocycles. The standard InChI is InChI=1S/C31H38N3O8P.C31H37N3O8.C31H36N3O7.C15H12NO2P.Y/c1-31(2,3)26(33-30(38)40-14-8-13-35)28(36)34-18-22(17-25(34)29(37)39-4)41-27-23(19-10-7-11-21(15-19)42-43)16-20-9-5-6-12-24(20)32-27;1-31(2,3)26(33-30(39)41-14-8-13-35)28(37)34-18-22(17-25(34)29(38)40-4)42-27-23(19-10-7-11-21(36)15-19)16-20-9-5-6-12-24(20)32-27;1-6-14-40-30(38)33-26(31(2,3)4)28(36)34-18-22(17-25(34)29(37)39-5)41-27-23(19-11-9-12-21(35)15-19)16-20-10-7-8-13-24(20)32-27;17-15-13(10-5-3-6-12(8-10)18-19)9-11-4-1-2-7-14(11)16-15;/h5-7,9-12,15-16,22,25-26,35H,8,13-14,17-18,43H2,1-4H3,(H,33,38);5-7,9-12,15-16,22,25-26,35-36H,8,13-14,17-18H2,1-4H3,(H,33,39);7-13,15-16,22,25-26,35H,1,6,14,17-18H2,2-5H3,(H,33,38);1-9H,19H2,(H,16,17);/q;;-1;;/t3*22-,25+,26-;;/m111../s1. The fraction of sp³-hybridized carbons (Fsp3) is 0.352. The van der Waals surface area contributed by atoms with Crippen LogP contribution in [0.1, 0.15) is 101 Å². The number of H-pyrrole nitrogens is 1. The topological polar surface area (TPSA) is 453 Å². The number of hydrogen-bond acceptors (Lipinski definition) is 28. The minimum atomic E-state index is -1.02. The van der Waals surface area contributed by atoms with E-state index in [1.807, 2.05) is 203 Å². The number of benzene rings is 8. The number of phenols is 2. The molecule has 38 heteroatoms. The molecule has 3 saturated heterocycles. The fourth-order valence-corrected chi connectivity index (χ4v) is 17.1. The quantitative estimate of drug-likeness (QED) is 0.00709. The molecule has 12 aromatic rings. The first-order valence-corrected chi connectivity index (χ1v) is 48.1. The molecule has 0 bridgehead atoms. The Morgan fingerprint density at radius 1 is 0.411 bits per heavy atom. The first-order chi connectivity index (χ1) is 69.3. The molecule has 11 atom stereocenters. The number of likely N-dealkylation sites (tertiary alicyclic amines) is 3. The van der Waals surface area contributed by atoms with E-state index in [1.165, 1.54) is 36.0 Å². The molecular weight excluding hydrogens is 1990 g/mol. The molecule has 0 spiro atoms. The molecular formula is C108H123N10O25P2Y-.